The Kier molecular flexibility index (Phi) is 4.74. The van der Waals surface area contributed by atoms with Crippen molar-refractivity contribution in [2.24, 2.45) is 13.0 Å². The molecule has 1 saturated carbocycles. The normalized spacial score (nSPS) is 26.5. The molecule has 2 atom stereocenters. The molecule has 4 nitrogen and oxygen atoms in total. The van der Waals surface area contributed by atoms with Crippen LogP contribution in [-0.2, 0) is 13.5 Å². The van der Waals surface area contributed by atoms with Crippen molar-refractivity contribution < 1.29 is 4.79 Å². The smallest absolute Gasteiger partial charge is 0.270 e. The Morgan fingerprint density at radius 3 is 2.95 bits per heavy atom. The molecule has 1 aliphatic rings. The van der Waals surface area contributed by atoms with E-state index in [1.165, 1.54) is 6.42 Å². The second-order valence-electron chi connectivity index (χ2n) is 6.07. The first-order valence-corrected chi connectivity index (χ1v) is 7.94. The van der Waals surface area contributed by atoms with Crippen LogP contribution in [-0.4, -0.2) is 27.1 Å². The largest absolute Gasteiger partial charge is 0.344 e. The highest BCUT2D eigenvalue weighted by atomic mass is 35.5. The van der Waals surface area contributed by atoms with E-state index in [9.17, 15) is 4.79 Å². The highest BCUT2D eigenvalue weighted by molar-refractivity contribution is 6.19. The SMILES string of the molecule is CCc1cc(C(=O)NC2(CCl)CCCC(C)C2)n(C)n1. The van der Waals surface area contributed by atoms with E-state index in [4.69, 9.17) is 11.6 Å². The van der Waals surface area contributed by atoms with Crippen LogP contribution in [0.3, 0.4) is 0 Å². The van der Waals surface area contributed by atoms with Gasteiger partial charge in [0.25, 0.3) is 5.91 Å². The second-order valence-corrected chi connectivity index (χ2v) is 6.33. The molecule has 5 heteroatoms. The van der Waals surface area contributed by atoms with Gasteiger partial charge in [-0.2, -0.15) is 5.10 Å². The van der Waals surface area contributed by atoms with Crippen LogP contribution in [0.5, 0.6) is 0 Å². The molecular weight excluding hydrogens is 274 g/mol. The predicted molar refractivity (Wildman–Crippen MR) is 81.1 cm³/mol. The van der Waals surface area contributed by atoms with Gasteiger partial charge in [-0.25, -0.2) is 0 Å². The van der Waals surface area contributed by atoms with Gasteiger partial charge in [0.2, 0.25) is 0 Å². The summed E-state index contributed by atoms with van der Waals surface area (Å²) in [5.41, 5.74) is 1.30. The first-order valence-electron chi connectivity index (χ1n) is 7.41. The summed E-state index contributed by atoms with van der Waals surface area (Å²) < 4.78 is 1.66. The molecule has 112 valence electrons. The topological polar surface area (TPSA) is 46.9 Å². The maximum atomic E-state index is 12.5. The average Bonchev–Trinajstić information content (AvgIpc) is 2.80. The molecule has 0 radical (unpaired) electrons. The fourth-order valence-electron chi connectivity index (χ4n) is 3.15. The van der Waals surface area contributed by atoms with Gasteiger partial charge in [-0.15, -0.1) is 11.6 Å². The van der Waals surface area contributed by atoms with E-state index < -0.39 is 0 Å². The minimum Gasteiger partial charge on any atom is -0.344 e. The van der Waals surface area contributed by atoms with E-state index in [-0.39, 0.29) is 11.4 Å². The molecule has 1 fully saturated rings. The summed E-state index contributed by atoms with van der Waals surface area (Å²) in [6.45, 7) is 4.26. The number of alkyl halides is 1. The standard InChI is InChI=1S/C15H24ClN3O/c1-4-12-8-13(19(3)18-12)14(20)17-15(10-16)7-5-6-11(2)9-15/h8,11H,4-7,9-10H2,1-3H3,(H,17,20). The lowest BCUT2D eigenvalue weighted by molar-refractivity contribution is 0.0857. The number of carbonyl (C=O) groups is 1. The Morgan fingerprint density at radius 2 is 2.40 bits per heavy atom. The Bertz CT molecular complexity index is 485. The van der Waals surface area contributed by atoms with Gasteiger partial charge in [0.05, 0.1) is 11.2 Å². The average molecular weight is 298 g/mol. The number of hydrogen-bond acceptors (Lipinski definition) is 2. The molecule has 1 amide bonds. The van der Waals surface area contributed by atoms with Crippen LogP contribution in [0.25, 0.3) is 0 Å². The number of nitrogens with one attached hydrogen (secondary N) is 1. The van der Waals surface area contributed by atoms with Gasteiger partial charge in [0, 0.05) is 12.9 Å². The maximum Gasteiger partial charge on any atom is 0.270 e. The highest BCUT2D eigenvalue weighted by Gasteiger charge is 2.36. The lowest BCUT2D eigenvalue weighted by Crippen LogP contribution is -2.53. The predicted octanol–water partition coefficient (Wildman–Crippen LogP) is 2.90. The molecule has 20 heavy (non-hydrogen) atoms. The number of amides is 1. The number of rotatable bonds is 4. The molecule has 1 aromatic rings. The number of hydrogen-bond donors (Lipinski definition) is 1. The molecule has 0 aromatic carbocycles. The zero-order chi connectivity index (χ0) is 14.8. The van der Waals surface area contributed by atoms with Gasteiger partial charge < -0.3 is 5.32 Å². The lowest BCUT2D eigenvalue weighted by atomic mass is 9.77. The van der Waals surface area contributed by atoms with E-state index in [0.29, 0.717) is 17.5 Å². The zero-order valence-corrected chi connectivity index (χ0v) is 13.3. The van der Waals surface area contributed by atoms with Crippen molar-refractivity contribution in [1.29, 1.82) is 0 Å². The minimum atomic E-state index is -0.257. The van der Waals surface area contributed by atoms with Crippen molar-refractivity contribution in [2.75, 3.05) is 5.88 Å². The Balaban J connectivity index is 2.14. The second kappa shape index (κ2) is 6.17. The molecule has 1 aliphatic carbocycles. The van der Waals surface area contributed by atoms with Gasteiger partial charge in [-0.1, -0.05) is 26.7 Å². The monoisotopic (exact) mass is 297 g/mol. The van der Waals surface area contributed by atoms with Crippen molar-refractivity contribution in [3.63, 3.8) is 0 Å². The third kappa shape index (κ3) is 3.17. The van der Waals surface area contributed by atoms with Crippen molar-refractivity contribution in [3.8, 4) is 0 Å². The number of halogens is 1. The van der Waals surface area contributed by atoms with Crippen LogP contribution in [0.15, 0.2) is 6.07 Å². The molecule has 2 rings (SSSR count). The van der Waals surface area contributed by atoms with E-state index in [2.05, 4.69) is 17.3 Å². The van der Waals surface area contributed by atoms with Crippen molar-refractivity contribution in [2.45, 2.75) is 51.5 Å². The molecular formula is C15H24ClN3O. The Labute approximate surface area is 125 Å². The van der Waals surface area contributed by atoms with Crippen LogP contribution < -0.4 is 5.32 Å². The molecule has 1 N–H and O–H groups in total. The van der Waals surface area contributed by atoms with Crippen molar-refractivity contribution >= 4 is 17.5 Å². The van der Waals surface area contributed by atoms with E-state index in [1.54, 1.807) is 4.68 Å². The van der Waals surface area contributed by atoms with Gasteiger partial charge in [-0.05, 0) is 31.2 Å². The number of nitrogens with zero attached hydrogens (tertiary/aromatic N) is 2. The molecule has 0 bridgehead atoms. The quantitative estimate of drug-likeness (QED) is 0.869. The number of aryl methyl sites for hydroxylation is 2. The first-order chi connectivity index (χ1) is 9.49. The Morgan fingerprint density at radius 1 is 1.65 bits per heavy atom. The van der Waals surface area contributed by atoms with Gasteiger partial charge >= 0.3 is 0 Å². The third-order valence-electron chi connectivity index (χ3n) is 4.25. The first kappa shape index (κ1) is 15.4. The minimum absolute atomic E-state index is 0.0607. The maximum absolute atomic E-state index is 12.5. The molecule has 2 unspecified atom stereocenters. The summed E-state index contributed by atoms with van der Waals surface area (Å²) >= 11 is 6.17. The van der Waals surface area contributed by atoms with Gasteiger partial charge in [-0.3, -0.25) is 9.48 Å². The number of carbonyl (C=O) groups excluding carboxylic acids is 1. The summed E-state index contributed by atoms with van der Waals surface area (Å²) in [6.07, 6.45) is 5.10. The molecule has 0 saturated heterocycles. The van der Waals surface area contributed by atoms with E-state index >= 15 is 0 Å². The van der Waals surface area contributed by atoms with E-state index in [1.807, 2.05) is 20.0 Å². The van der Waals surface area contributed by atoms with Crippen LogP contribution in [0.2, 0.25) is 0 Å². The summed E-state index contributed by atoms with van der Waals surface area (Å²) in [4.78, 5) is 12.5. The van der Waals surface area contributed by atoms with Crippen LogP contribution in [0, 0.1) is 5.92 Å². The van der Waals surface area contributed by atoms with Crippen LogP contribution in [0.1, 0.15) is 55.7 Å². The van der Waals surface area contributed by atoms with Crippen molar-refractivity contribution in [1.82, 2.24) is 15.1 Å². The fraction of sp³-hybridized carbons (Fsp3) is 0.733. The lowest BCUT2D eigenvalue weighted by Gasteiger charge is -2.39. The van der Waals surface area contributed by atoms with Crippen LogP contribution >= 0.6 is 11.6 Å². The highest BCUT2D eigenvalue weighted by Crippen LogP contribution is 2.33. The van der Waals surface area contributed by atoms with Crippen molar-refractivity contribution in [3.05, 3.63) is 17.5 Å². The van der Waals surface area contributed by atoms with E-state index in [0.717, 1.165) is 31.4 Å². The molecule has 0 spiro atoms. The third-order valence-corrected chi connectivity index (χ3v) is 4.76. The van der Waals surface area contributed by atoms with Gasteiger partial charge in [0.15, 0.2) is 0 Å². The van der Waals surface area contributed by atoms with Gasteiger partial charge in [0.1, 0.15) is 5.69 Å². The zero-order valence-electron chi connectivity index (χ0n) is 12.6. The molecule has 1 heterocycles. The summed E-state index contributed by atoms with van der Waals surface area (Å²) in [5.74, 6) is 1.02. The molecule has 0 aliphatic heterocycles. The number of aromatic nitrogens is 2. The fourth-order valence-corrected chi connectivity index (χ4v) is 3.45. The summed E-state index contributed by atoms with van der Waals surface area (Å²) in [5, 5.41) is 7.50. The Hall–Kier alpha value is -1.03. The summed E-state index contributed by atoms with van der Waals surface area (Å²) in [7, 11) is 1.81. The van der Waals surface area contributed by atoms with Crippen LogP contribution in [0.4, 0.5) is 0 Å². The summed E-state index contributed by atoms with van der Waals surface area (Å²) in [6, 6.07) is 1.86. The molecule has 1 aromatic heterocycles.